The van der Waals surface area contributed by atoms with Gasteiger partial charge in [-0.1, -0.05) is 12.1 Å². The van der Waals surface area contributed by atoms with Gasteiger partial charge in [-0.05, 0) is 12.1 Å². The zero-order valence-electron chi connectivity index (χ0n) is 17.0. The van der Waals surface area contributed by atoms with E-state index in [1.165, 1.54) is 0 Å². The van der Waals surface area contributed by atoms with Crippen molar-refractivity contribution in [3.05, 3.63) is 56.4 Å². The summed E-state index contributed by atoms with van der Waals surface area (Å²) in [5.74, 6) is -0.0351. The number of aromatic nitrogens is 3. The predicted octanol–water partition coefficient (Wildman–Crippen LogP) is 1.80. The summed E-state index contributed by atoms with van der Waals surface area (Å²) < 4.78 is 5.38. The van der Waals surface area contributed by atoms with E-state index in [9.17, 15) is 9.59 Å². The summed E-state index contributed by atoms with van der Waals surface area (Å²) in [4.78, 5) is 40.7. The molecule has 2 aromatic heterocycles. The van der Waals surface area contributed by atoms with Gasteiger partial charge < -0.3 is 14.6 Å². The fourth-order valence-electron chi connectivity index (χ4n) is 3.43. The summed E-state index contributed by atoms with van der Waals surface area (Å²) in [6, 6.07) is 7.38. The molecule has 0 atom stereocenters. The van der Waals surface area contributed by atoms with Gasteiger partial charge in [0.2, 0.25) is 5.91 Å². The number of H-pyrrole nitrogens is 1. The predicted molar refractivity (Wildman–Crippen MR) is 115 cm³/mol. The number of morpholine rings is 1. The number of amides is 1. The van der Waals surface area contributed by atoms with Crippen LogP contribution in [0.4, 0.5) is 0 Å². The number of hydrogen-bond donors (Lipinski definition) is 1. The van der Waals surface area contributed by atoms with Crippen molar-refractivity contribution in [1.82, 2.24) is 24.8 Å². The largest absolute Gasteiger partial charge is 0.379 e. The Balaban J connectivity index is 1.31. The first-order valence-electron chi connectivity index (χ1n) is 10.0. The number of ether oxygens (including phenoxy) is 1. The zero-order chi connectivity index (χ0) is 20.9. The van der Waals surface area contributed by atoms with Crippen molar-refractivity contribution < 1.29 is 9.53 Å². The Kier molecular flexibility index (Phi) is 6.51. The topological polar surface area (TPSA) is 91.4 Å². The van der Waals surface area contributed by atoms with E-state index in [4.69, 9.17) is 4.74 Å². The van der Waals surface area contributed by atoms with E-state index in [0.29, 0.717) is 24.2 Å². The summed E-state index contributed by atoms with van der Waals surface area (Å²) in [5, 5.41) is 3.06. The maximum absolute atomic E-state index is 12.6. The summed E-state index contributed by atoms with van der Waals surface area (Å²) in [6.07, 6.45) is 0.540. The van der Waals surface area contributed by atoms with Crippen molar-refractivity contribution in [2.75, 3.05) is 33.4 Å². The van der Waals surface area contributed by atoms with Crippen LogP contribution >= 0.6 is 11.3 Å². The molecule has 0 aliphatic carbocycles. The third-order valence-corrected chi connectivity index (χ3v) is 6.01. The number of nitrogens with one attached hydrogen (secondary N) is 1. The summed E-state index contributed by atoms with van der Waals surface area (Å²) in [7, 11) is 1.77. The van der Waals surface area contributed by atoms with Crippen LogP contribution in [0.5, 0.6) is 0 Å². The first kappa shape index (κ1) is 20.6. The van der Waals surface area contributed by atoms with Crippen LogP contribution in [-0.2, 0) is 29.0 Å². The molecule has 3 heterocycles. The molecular formula is C21H25N5O3S. The molecule has 1 fully saturated rings. The second-order valence-corrected chi connectivity index (χ2v) is 8.34. The molecule has 3 aromatic rings. The average molecular weight is 428 g/mol. The lowest BCUT2D eigenvalue weighted by atomic mass is 10.2. The van der Waals surface area contributed by atoms with Gasteiger partial charge in [0.15, 0.2) is 0 Å². The highest BCUT2D eigenvalue weighted by Crippen LogP contribution is 2.15. The number of aromatic amines is 1. The van der Waals surface area contributed by atoms with Crippen molar-refractivity contribution in [3.63, 3.8) is 0 Å². The highest BCUT2D eigenvalue weighted by Gasteiger charge is 2.16. The molecule has 0 radical (unpaired) electrons. The summed E-state index contributed by atoms with van der Waals surface area (Å²) in [6.45, 7) is 4.67. The fraction of sp³-hybridized carbons (Fsp3) is 0.429. The number of aryl methyl sites for hydroxylation is 1. The average Bonchev–Trinajstić information content (AvgIpc) is 3.19. The van der Waals surface area contributed by atoms with Gasteiger partial charge >= 0.3 is 0 Å². The Morgan fingerprint density at radius 1 is 1.27 bits per heavy atom. The zero-order valence-corrected chi connectivity index (χ0v) is 17.8. The van der Waals surface area contributed by atoms with Crippen molar-refractivity contribution in [1.29, 1.82) is 0 Å². The van der Waals surface area contributed by atoms with Gasteiger partial charge in [-0.15, -0.1) is 11.3 Å². The molecule has 158 valence electrons. The number of nitrogens with zero attached hydrogens (tertiary/aromatic N) is 4. The highest BCUT2D eigenvalue weighted by molar-refractivity contribution is 7.09. The van der Waals surface area contributed by atoms with Crippen molar-refractivity contribution in [3.8, 4) is 0 Å². The Morgan fingerprint density at radius 2 is 2.07 bits per heavy atom. The first-order chi connectivity index (χ1) is 14.6. The minimum atomic E-state index is -0.239. The minimum absolute atomic E-state index is 0.0351. The van der Waals surface area contributed by atoms with Crippen LogP contribution in [0.1, 0.15) is 22.8 Å². The number of benzene rings is 1. The minimum Gasteiger partial charge on any atom is -0.379 e. The van der Waals surface area contributed by atoms with Crippen molar-refractivity contribution in [2.24, 2.45) is 0 Å². The van der Waals surface area contributed by atoms with Gasteiger partial charge in [0.1, 0.15) is 10.7 Å². The van der Waals surface area contributed by atoms with Gasteiger partial charge in [0.05, 0.1) is 43.0 Å². The van der Waals surface area contributed by atoms with E-state index in [1.54, 1.807) is 23.3 Å². The molecule has 1 aromatic carbocycles. The maximum Gasteiger partial charge on any atom is 0.270 e. The number of fused-ring (bicyclic) bond motifs is 1. The third kappa shape index (κ3) is 5.10. The van der Waals surface area contributed by atoms with E-state index < -0.39 is 0 Å². The number of para-hydroxylation sites is 2. The Bertz CT molecular complexity index is 1070. The molecule has 4 rings (SSSR count). The van der Waals surface area contributed by atoms with Crippen LogP contribution in [0, 0.1) is 0 Å². The monoisotopic (exact) mass is 427 g/mol. The molecule has 30 heavy (non-hydrogen) atoms. The number of rotatable bonds is 7. The van der Waals surface area contributed by atoms with Crippen LogP contribution in [0.25, 0.3) is 11.0 Å². The van der Waals surface area contributed by atoms with E-state index in [2.05, 4.69) is 19.9 Å². The molecule has 0 spiro atoms. The van der Waals surface area contributed by atoms with Crippen LogP contribution < -0.4 is 5.56 Å². The Labute approximate surface area is 178 Å². The van der Waals surface area contributed by atoms with Crippen LogP contribution in [0.2, 0.25) is 0 Å². The molecule has 1 amide bonds. The van der Waals surface area contributed by atoms with Crippen LogP contribution in [0.3, 0.4) is 0 Å². The van der Waals surface area contributed by atoms with E-state index in [0.717, 1.165) is 49.1 Å². The SMILES string of the molecule is CN(Cc1csc(CN2CCOCC2)n1)C(=O)CCc1nc2ccccc2[nH]c1=O. The standard InChI is InChI=1S/C21H25N5O3S/c1-25(12-15-14-30-19(22-15)13-26-8-10-29-11-9-26)20(27)7-6-18-21(28)24-17-5-3-2-4-16(17)23-18/h2-5,14H,6-13H2,1H3,(H,24,28). The Hall–Kier alpha value is -2.62. The van der Waals surface area contributed by atoms with Crippen molar-refractivity contribution >= 4 is 28.3 Å². The second-order valence-electron chi connectivity index (χ2n) is 7.40. The highest BCUT2D eigenvalue weighted by atomic mass is 32.1. The normalized spacial score (nSPS) is 14.8. The third-order valence-electron chi connectivity index (χ3n) is 5.13. The second kappa shape index (κ2) is 9.46. The van der Waals surface area contributed by atoms with Gasteiger partial charge in [-0.3, -0.25) is 14.5 Å². The molecule has 1 saturated heterocycles. The molecule has 8 nitrogen and oxygen atoms in total. The van der Waals surface area contributed by atoms with E-state index in [-0.39, 0.29) is 17.9 Å². The van der Waals surface area contributed by atoms with Gasteiger partial charge in [0.25, 0.3) is 5.56 Å². The van der Waals surface area contributed by atoms with Gasteiger partial charge in [-0.2, -0.15) is 0 Å². The molecule has 0 saturated carbocycles. The van der Waals surface area contributed by atoms with Crippen LogP contribution in [-0.4, -0.2) is 64.0 Å². The lowest BCUT2D eigenvalue weighted by molar-refractivity contribution is -0.130. The van der Waals surface area contributed by atoms with E-state index in [1.807, 2.05) is 29.6 Å². The molecule has 9 heteroatoms. The van der Waals surface area contributed by atoms with Gasteiger partial charge in [0, 0.05) is 38.4 Å². The molecular weight excluding hydrogens is 402 g/mol. The van der Waals surface area contributed by atoms with E-state index >= 15 is 0 Å². The quantitative estimate of drug-likeness (QED) is 0.618. The summed E-state index contributed by atoms with van der Waals surface area (Å²) >= 11 is 1.62. The lowest BCUT2D eigenvalue weighted by Gasteiger charge is -2.25. The molecule has 0 bridgehead atoms. The maximum atomic E-state index is 12.6. The smallest absolute Gasteiger partial charge is 0.270 e. The molecule has 1 aliphatic heterocycles. The first-order valence-corrected chi connectivity index (χ1v) is 10.9. The molecule has 1 N–H and O–H groups in total. The number of carbonyl (C=O) groups is 1. The summed E-state index contributed by atoms with van der Waals surface area (Å²) in [5.41, 5.74) is 2.46. The number of thiazole rings is 1. The Morgan fingerprint density at radius 3 is 2.90 bits per heavy atom. The number of hydrogen-bond acceptors (Lipinski definition) is 7. The van der Waals surface area contributed by atoms with Crippen LogP contribution in [0.15, 0.2) is 34.4 Å². The fourth-order valence-corrected chi connectivity index (χ4v) is 4.26. The molecule has 1 aliphatic rings. The van der Waals surface area contributed by atoms with Gasteiger partial charge in [-0.25, -0.2) is 9.97 Å². The number of carbonyl (C=O) groups excluding carboxylic acids is 1. The molecule has 0 unspecified atom stereocenters. The lowest BCUT2D eigenvalue weighted by Crippen LogP contribution is -2.35. The van der Waals surface area contributed by atoms with Crippen molar-refractivity contribution in [2.45, 2.75) is 25.9 Å².